The van der Waals surface area contributed by atoms with Crippen LogP contribution in [0.5, 0.6) is 0 Å². The second-order valence-corrected chi connectivity index (χ2v) is 7.00. The highest BCUT2D eigenvalue weighted by Gasteiger charge is 2.30. The van der Waals surface area contributed by atoms with Crippen LogP contribution in [0.1, 0.15) is 32.3 Å². The number of likely N-dealkylation sites (N-methyl/N-ethyl adjacent to an activating group) is 1. The first-order valence-corrected chi connectivity index (χ1v) is 9.79. The number of carbonyl (C=O) groups excluding carboxylic acids is 1. The molecular weight excluding hydrogens is 359 g/mol. The van der Waals surface area contributed by atoms with Crippen LogP contribution in [-0.4, -0.2) is 55.5 Å². The monoisotopic (exact) mass is 390 g/mol. The quantitative estimate of drug-likeness (QED) is 0.493. The number of nitrogens with one attached hydrogen (secondary N) is 1. The molecule has 1 aromatic carbocycles. The number of nitrogens with zero attached hydrogens (tertiary/aromatic N) is 3. The highest BCUT2D eigenvalue weighted by molar-refractivity contribution is 6.07. The van der Waals surface area contributed by atoms with Gasteiger partial charge in [0.25, 0.3) is 5.91 Å². The van der Waals surface area contributed by atoms with Gasteiger partial charge < -0.3 is 10.1 Å². The predicted molar refractivity (Wildman–Crippen MR) is 109 cm³/mol. The van der Waals surface area contributed by atoms with Crippen molar-refractivity contribution >= 4 is 11.7 Å². The molecule has 1 N–H and O–H groups in total. The number of amidine groups is 1. The van der Waals surface area contributed by atoms with Gasteiger partial charge in [0, 0.05) is 46.5 Å². The molecule has 0 saturated carbocycles. The Morgan fingerprint density at radius 3 is 2.64 bits per heavy atom. The summed E-state index contributed by atoms with van der Waals surface area (Å²) in [5.74, 6) is 0.695. The maximum Gasteiger partial charge on any atom is 0.278 e. The Morgan fingerprint density at radius 2 is 2.00 bits per heavy atom. The molecule has 2 rings (SSSR count). The third kappa shape index (κ3) is 6.05. The molecule has 0 saturated heterocycles. The minimum atomic E-state index is -0.250. The third-order valence-electron chi connectivity index (χ3n) is 4.70. The van der Waals surface area contributed by atoms with Gasteiger partial charge in [0.2, 0.25) is 0 Å². The zero-order valence-electron chi connectivity index (χ0n) is 17.2. The number of benzene rings is 1. The molecule has 0 aliphatic carbocycles. The van der Waals surface area contributed by atoms with E-state index in [2.05, 4.69) is 12.2 Å². The number of hydrogen-bond donors (Lipinski definition) is 1. The van der Waals surface area contributed by atoms with E-state index >= 15 is 0 Å². The second-order valence-electron chi connectivity index (χ2n) is 7.00. The summed E-state index contributed by atoms with van der Waals surface area (Å²) in [4.78, 5) is 14.4. The van der Waals surface area contributed by atoms with Crippen molar-refractivity contribution in [3.8, 4) is 0 Å². The van der Waals surface area contributed by atoms with Gasteiger partial charge >= 0.3 is 0 Å². The van der Waals surface area contributed by atoms with E-state index in [-0.39, 0.29) is 11.7 Å². The Hall–Kier alpha value is -2.41. The lowest BCUT2D eigenvalue weighted by Gasteiger charge is -2.34. The van der Waals surface area contributed by atoms with Crippen molar-refractivity contribution in [1.82, 2.24) is 15.2 Å². The van der Waals surface area contributed by atoms with E-state index in [0.29, 0.717) is 50.1 Å². The molecule has 0 aromatic heterocycles. The molecule has 1 heterocycles. The molecule has 1 unspecified atom stereocenters. The summed E-state index contributed by atoms with van der Waals surface area (Å²) in [5, 5.41) is 9.47. The first-order chi connectivity index (χ1) is 13.5. The van der Waals surface area contributed by atoms with Crippen molar-refractivity contribution < 1.29 is 13.9 Å². The number of aryl methyl sites for hydroxylation is 1. The molecular formula is C21H31FN4O2. The lowest BCUT2D eigenvalue weighted by atomic mass is 10.1. The summed E-state index contributed by atoms with van der Waals surface area (Å²) in [6.07, 6.45) is 3.88. The smallest absolute Gasteiger partial charge is 0.278 e. The van der Waals surface area contributed by atoms with Gasteiger partial charge in [-0.25, -0.2) is 4.39 Å². The van der Waals surface area contributed by atoms with Gasteiger partial charge in [-0.15, -0.1) is 0 Å². The Morgan fingerprint density at radius 1 is 1.29 bits per heavy atom. The molecule has 28 heavy (non-hydrogen) atoms. The molecule has 0 fully saturated rings. The van der Waals surface area contributed by atoms with E-state index in [1.165, 1.54) is 12.1 Å². The molecule has 1 aliphatic rings. The second kappa shape index (κ2) is 10.8. The fourth-order valence-corrected chi connectivity index (χ4v) is 3.01. The van der Waals surface area contributed by atoms with E-state index in [0.717, 1.165) is 12.0 Å². The highest BCUT2D eigenvalue weighted by atomic mass is 19.1. The zero-order chi connectivity index (χ0) is 20.5. The average molecular weight is 391 g/mol. The molecule has 1 aromatic rings. The van der Waals surface area contributed by atoms with E-state index in [1.54, 1.807) is 42.3 Å². The van der Waals surface area contributed by atoms with Crippen molar-refractivity contribution in [3.63, 3.8) is 0 Å². The summed E-state index contributed by atoms with van der Waals surface area (Å²) < 4.78 is 18.5. The lowest BCUT2D eigenvalue weighted by Crippen LogP contribution is -2.46. The van der Waals surface area contributed by atoms with Gasteiger partial charge in [-0.05, 0) is 43.4 Å². The topological polar surface area (TPSA) is 57.2 Å². The van der Waals surface area contributed by atoms with Gasteiger partial charge in [0.15, 0.2) is 0 Å². The van der Waals surface area contributed by atoms with Gasteiger partial charge in [-0.2, -0.15) is 5.10 Å². The Kier molecular flexibility index (Phi) is 8.44. The van der Waals surface area contributed by atoms with Crippen LogP contribution in [0.2, 0.25) is 0 Å². The molecule has 0 spiro atoms. The van der Waals surface area contributed by atoms with Crippen LogP contribution in [0, 0.1) is 11.7 Å². The first-order valence-electron chi connectivity index (χ1n) is 9.79. The maximum atomic E-state index is 13.1. The Labute approximate surface area is 167 Å². The number of amides is 1. The predicted octanol–water partition coefficient (Wildman–Crippen LogP) is 2.97. The minimum absolute atomic E-state index is 0.0875. The van der Waals surface area contributed by atoms with Gasteiger partial charge in [0.05, 0.1) is 0 Å². The standard InChI is InChI=1S/C21H31FN4O2/c1-5-28-13-12-16(2)15-26-19(14-23-3)21(27)25(4)20(24-26)11-8-17-6-9-18(22)10-7-17/h6-7,9-10,14,16,23H,5,8,11-13,15H2,1-4H3/b19-14-. The van der Waals surface area contributed by atoms with Gasteiger partial charge in [0.1, 0.15) is 17.3 Å². The van der Waals surface area contributed by atoms with Crippen molar-refractivity contribution in [1.29, 1.82) is 0 Å². The van der Waals surface area contributed by atoms with Crippen LogP contribution < -0.4 is 5.32 Å². The Balaban J connectivity index is 2.12. The van der Waals surface area contributed by atoms with Gasteiger partial charge in [-0.3, -0.25) is 14.7 Å². The van der Waals surface area contributed by atoms with Crippen molar-refractivity contribution in [2.45, 2.75) is 33.1 Å². The van der Waals surface area contributed by atoms with Crippen LogP contribution >= 0.6 is 0 Å². The average Bonchev–Trinajstić information content (AvgIpc) is 2.68. The Bertz CT molecular complexity index is 703. The first kappa shape index (κ1) is 21.9. The minimum Gasteiger partial charge on any atom is -0.392 e. The largest absolute Gasteiger partial charge is 0.392 e. The number of carbonyl (C=O) groups is 1. The number of hydrogen-bond acceptors (Lipinski definition) is 5. The molecule has 1 aliphatic heterocycles. The van der Waals surface area contributed by atoms with Crippen LogP contribution in [0.4, 0.5) is 4.39 Å². The van der Waals surface area contributed by atoms with Crippen molar-refractivity contribution in [2.75, 3.05) is 33.9 Å². The fraction of sp³-hybridized carbons (Fsp3) is 0.524. The van der Waals surface area contributed by atoms with E-state index in [9.17, 15) is 9.18 Å². The summed E-state index contributed by atoms with van der Waals surface area (Å²) in [6, 6.07) is 6.43. The number of rotatable bonds is 10. The normalized spacial score (nSPS) is 17.1. The number of ether oxygens (including phenoxy) is 1. The SMILES string of the molecule is CCOCCC(C)CN1N=C(CCc2ccc(F)cc2)N(C)C(=O)/C1=C/NC. The number of hydrazone groups is 1. The van der Waals surface area contributed by atoms with E-state index in [4.69, 9.17) is 9.84 Å². The van der Waals surface area contributed by atoms with Gasteiger partial charge in [-0.1, -0.05) is 19.1 Å². The van der Waals surface area contributed by atoms with Crippen molar-refractivity contribution in [3.05, 3.63) is 47.5 Å². The zero-order valence-corrected chi connectivity index (χ0v) is 17.2. The third-order valence-corrected chi connectivity index (χ3v) is 4.70. The summed E-state index contributed by atoms with van der Waals surface area (Å²) in [7, 11) is 3.51. The molecule has 0 radical (unpaired) electrons. The maximum absolute atomic E-state index is 13.1. The fourth-order valence-electron chi connectivity index (χ4n) is 3.01. The van der Waals surface area contributed by atoms with Crippen LogP contribution in [0.25, 0.3) is 0 Å². The van der Waals surface area contributed by atoms with E-state index < -0.39 is 0 Å². The highest BCUT2D eigenvalue weighted by Crippen LogP contribution is 2.20. The summed E-state index contributed by atoms with van der Waals surface area (Å²) in [5.41, 5.74) is 1.54. The van der Waals surface area contributed by atoms with Crippen LogP contribution in [0.3, 0.4) is 0 Å². The van der Waals surface area contributed by atoms with Crippen LogP contribution in [0.15, 0.2) is 41.3 Å². The molecule has 1 atom stereocenters. The molecule has 6 nitrogen and oxygen atoms in total. The summed E-state index contributed by atoms with van der Waals surface area (Å²) in [6.45, 7) is 6.16. The summed E-state index contributed by atoms with van der Waals surface area (Å²) >= 11 is 0. The molecule has 7 heteroatoms. The van der Waals surface area contributed by atoms with Crippen LogP contribution in [-0.2, 0) is 16.0 Å². The van der Waals surface area contributed by atoms with Crippen molar-refractivity contribution in [2.24, 2.45) is 11.0 Å². The lowest BCUT2D eigenvalue weighted by molar-refractivity contribution is -0.125. The molecule has 1 amide bonds. The molecule has 154 valence electrons. The number of halogens is 1. The molecule has 0 bridgehead atoms. The van der Waals surface area contributed by atoms with E-state index in [1.807, 2.05) is 6.92 Å².